The number of nitrogens with zero attached hydrogens (tertiary/aromatic N) is 1. The molecule has 0 amide bonds. The highest BCUT2D eigenvalue weighted by Crippen LogP contribution is 2.40. The Morgan fingerprint density at radius 2 is 1.66 bits per heavy atom. The van der Waals surface area contributed by atoms with E-state index in [4.69, 9.17) is 10.1 Å². The number of aliphatic imine (C=N–C) groups is 1. The summed E-state index contributed by atoms with van der Waals surface area (Å²) in [5, 5.41) is 8.07. The molecule has 3 aromatic rings. The van der Waals surface area contributed by atoms with Gasteiger partial charge in [0, 0.05) is 34.7 Å². The van der Waals surface area contributed by atoms with Crippen molar-refractivity contribution in [3.8, 4) is 0 Å². The summed E-state index contributed by atoms with van der Waals surface area (Å²) < 4.78 is 57.5. The van der Waals surface area contributed by atoms with Crippen LogP contribution < -0.4 is 0 Å². The number of H-pyrrole nitrogens is 1. The van der Waals surface area contributed by atoms with Gasteiger partial charge < -0.3 is 10.1 Å². The highest BCUT2D eigenvalue weighted by atomic mass is 19.2. The van der Waals surface area contributed by atoms with Crippen LogP contribution in [0.1, 0.15) is 56.9 Å². The van der Waals surface area contributed by atoms with Crippen molar-refractivity contribution in [2.24, 2.45) is 4.99 Å². The molecule has 182 valence electrons. The fourth-order valence-corrected chi connectivity index (χ4v) is 4.62. The van der Waals surface area contributed by atoms with E-state index in [0.717, 1.165) is 35.0 Å². The first-order valence-corrected chi connectivity index (χ1v) is 11.3. The number of benzene rings is 2. The summed E-state index contributed by atoms with van der Waals surface area (Å²) in [5.41, 5.74) is 5.25. The van der Waals surface area contributed by atoms with Gasteiger partial charge in [-0.25, -0.2) is 17.6 Å². The molecule has 0 saturated carbocycles. The van der Waals surface area contributed by atoms with Crippen LogP contribution in [0.3, 0.4) is 0 Å². The van der Waals surface area contributed by atoms with Crippen LogP contribution in [0, 0.1) is 23.3 Å². The van der Waals surface area contributed by atoms with Crippen molar-refractivity contribution in [1.29, 1.82) is 0 Å². The van der Waals surface area contributed by atoms with Crippen LogP contribution in [0.25, 0.3) is 16.3 Å². The quantitative estimate of drug-likeness (QED) is 0.214. The minimum atomic E-state index is -1.87. The van der Waals surface area contributed by atoms with E-state index in [-0.39, 0.29) is 17.5 Å². The Morgan fingerprint density at radius 1 is 1.00 bits per heavy atom. The van der Waals surface area contributed by atoms with Crippen molar-refractivity contribution in [3.63, 3.8) is 0 Å². The highest BCUT2D eigenvalue weighted by molar-refractivity contribution is 6.07. The SMILES string of the molecule is CCC1=C(C)/C(=C(\c2ccc(CCCC(=O)O)cc2)c2[nH]cc3c(F)c(F)c(F)c(F)c23)N=C1C. The summed E-state index contributed by atoms with van der Waals surface area (Å²) in [7, 11) is 0. The maximum Gasteiger partial charge on any atom is 0.303 e. The van der Waals surface area contributed by atoms with Crippen molar-refractivity contribution in [2.75, 3.05) is 0 Å². The Labute approximate surface area is 199 Å². The topological polar surface area (TPSA) is 65.4 Å². The highest BCUT2D eigenvalue weighted by Gasteiger charge is 2.28. The number of hydrogen-bond donors (Lipinski definition) is 2. The van der Waals surface area contributed by atoms with Gasteiger partial charge in [-0.1, -0.05) is 31.2 Å². The summed E-state index contributed by atoms with van der Waals surface area (Å²) in [4.78, 5) is 18.3. The first-order valence-electron chi connectivity index (χ1n) is 11.3. The van der Waals surface area contributed by atoms with Gasteiger partial charge in [0.05, 0.1) is 11.4 Å². The number of fused-ring (bicyclic) bond motifs is 1. The second-order valence-electron chi connectivity index (χ2n) is 8.53. The Balaban J connectivity index is 1.94. The number of hydrogen-bond acceptors (Lipinski definition) is 2. The van der Waals surface area contributed by atoms with E-state index in [0.29, 0.717) is 29.7 Å². The number of rotatable bonds is 7. The van der Waals surface area contributed by atoms with E-state index in [1.54, 1.807) is 12.1 Å². The van der Waals surface area contributed by atoms with Gasteiger partial charge in [-0.15, -0.1) is 0 Å². The molecule has 0 aliphatic carbocycles. The van der Waals surface area contributed by atoms with E-state index in [1.807, 2.05) is 32.9 Å². The number of carboxylic acids is 1. The third kappa shape index (κ3) is 4.29. The predicted molar refractivity (Wildman–Crippen MR) is 127 cm³/mol. The van der Waals surface area contributed by atoms with Crippen LogP contribution in [-0.4, -0.2) is 21.8 Å². The van der Waals surface area contributed by atoms with Gasteiger partial charge in [0.1, 0.15) is 0 Å². The molecule has 4 rings (SSSR count). The lowest BCUT2D eigenvalue weighted by Gasteiger charge is -2.13. The Hall–Kier alpha value is -3.68. The molecule has 4 nitrogen and oxygen atoms in total. The van der Waals surface area contributed by atoms with Crippen molar-refractivity contribution in [1.82, 2.24) is 4.98 Å². The third-order valence-electron chi connectivity index (χ3n) is 6.38. The van der Waals surface area contributed by atoms with Crippen molar-refractivity contribution in [2.45, 2.75) is 46.5 Å². The zero-order chi connectivity index (χ0) is 25.4. The molecule has 0 unspecified atom stereocenters. The third-order valence-corrected chi connectivity index (χ3v) is 6.38. The molecular weight excluding hydrogens is 460 g/mol. The smallest absolute Gasteiger partial charge is 0.303 e. The molecule has 2 heterocycles. The second kappa shape index (κ2) is 9.52. The van der Waals surface area contributed by atoms with Gasteiger partial charge in [0.2, 0.25) is 0 Å². The molecule has 1 aliphatic heterocycles. The zero-order valence-electron chi connectivity index (χ0n) is 19.5. The van der Waals surface area contributed by atoms with Crippen LogP contribution in [0.15, 0.2) is 52.3 Å². The summed E-state index contributed by atoms with van der Waals surface area (Å²) in [5.74, 6) is -7.54. The first-order chi connectivity index (χ1) is 16.6. The molecule has 35 heavy (non-hydrogen) atoms. The molecule has 0 atom stereocenters. The Kier molecular flexibility index (Phi) is 6.65. The normalized spacial score (nSPS) is 15.2. The van der Waals surface area contributed by atoms with Gasteiger partial charge >= 0.3 is 5.97 Å². The molecular formula is C27H24F4N2O2. The van der Waals surface area contributed by atoms with Gasteiger partial charge in [-0.05, 0) is 55.4 Å². The first kappa shape index (κ1) is 24.4. The van der Waals surface area contributed by atoms with E-state index in [2.05, 4.69) is 4.98 Å². The van der Waals surface area contributed by atoms with Gasteiger partial charge in [0.15, 0.2) is 23.3 Å². The average molecular weight is 484 g/mol. The van der Waals surface area contributed by atoms with E-state index in [9.17, 15) is 22.4 Å². The van der Waals surface area contributed by atoms with Crippen LogP contribution in [0.2, 0.25) is 0 Å². The summed E-state index contributed by atoms with van der Waals surface area (Å²) in [6.45, 7) is 5.74. The second-order valence-corrected chi connectivity index (χ2v) is 8.53. The predicted octanol–water partition coefficient (Wildman–Crippen LogP) is 7.09. The molecule has 1 aliphatic rings. The van der Waals surface area contributed by atoms with Crippen molar-refractivity contribution in [3.05, 3.63) is 87.4 Å². The zero-order valence-corrected chi connectivity index (χ0v) is 19.5. The average Bonchev–Trinajstić information content (AvgIpc) is 3.38. The Morgan fingerprint density at radius 3 is 2.26 bits per heavy atom. The van der Waals surface area contributed by atoms with Gasteiger partial charge in [-0.2, -0.15) is 0 Å². The lowest BCUT2D eigenvalue weighted by atomic mass is 9.93. The summed E-state index contributed by atoms with van der Waals surface area (Å²) in [6, 6.07) is 7.21. The number of allylic oxidation sites excluding steroid dienone is 2. The van der Waals surface area contributed by atoms with E-state index < -0.39 is 34.6 Å². The molecule has 0 fully saturated rings. The molecule has 1 aromatic heterocycles. The number of carbonyl (C=O) groups is 1. The number of halogens is 4. The van der Waals surface area contributed by atoms with Crippen molar-refractivity contribution < 1.29 is 27.5 Å². The fourth-order valence-electron chi connectivity index (χ4n) is 4.62. The molecule has 8 heteroatoms. The minimum Gasteiger partial charge on any atom is -0.481 e. The minimum absolute atomic E-state index is 0.0518. The number of aromatic amines is 1. The monoisotopic (exact) mass is 484 g/mol. The van der Waals surface area contributed by atoms with Crippen LogP contribution >= 0.6 is 0 Å². The number of aliphatic carboxylic acids is 1. The molecule has 2 N–H and O–H groups in total. The van der Waals surface area contributed by atoms with Crippen LogP contribution in [0.5, 0.6) is 0 Å². The molecule has 0 bridgehead atoms. The van der Waals surface area contributed by atoms with Gasteiger partial charge in [0.25, 0.3) is 0 Å². The standard InChI is InChI=1S/C27H24F4N2O2/c1-4-17-13(2)26(33-14(17)3)20(16-10-8-15(9-11-16)6-5-7-19(34)35)27-21-18(12-32-27)22(28)24(30)25(31)23(21)29/h8-12,32H,4-7H2,1-3H3,(H,34,35)/b26-20-. The van der Waals surface area contributed by atoms with Crippen LogP contribution in [-0.2, 0) is 11.2 Å². The Bertz CT molecular complexity index is 1430. The number of aromatic nitrogens is 1. The molecule has 0 spiro atoms. The van der Waals surface area contributed by atoms with Gasteiger partial charge in [-0.3, -0.25) is 9.79 Å². The fraction of sp³-hybridized carbons (Fsp3) is 0.259. The number of carboxylic acid groups (broad SMARTS) is 1. The molecule has 0 saturated heterocycles. The van der Waals surface area contributed by atoms with E-state index >= 15 is 0 Å². The van der Waals surface area contributed by atoms with Crippen LogP contribution in [0.4, 0.5) is 17.6 Å². The summed E-state index contributed by atoms with van der Waals surface area (Å²) >= 11 is 0. The van der Waals surface area contributed by atoms with E-state index in [1.165, 1.54) is 0 Å². The maximum absolute atomic E-state index is 15.0. The lowest BCUT2D eigenvalue weighted by Crippen LogP contribution is -2.00. The number of nitrogens with one attached hydrogen (secondary N) is 1. The van der Waals surface area contributed by atoms with Crippen molar-refractivity contribution >= 4 is 28.0 Å². The largest absolute Gasteiger partial charge is 0.481 e. The molecule has 2 aromatic carbocycles. The number of aryl methyl sites for hydroxylation is 1. The maximum atomic E-state index is 15.0. The summed E-state index contributed by atoms with van der Waals surface area (Å²) in [6.07, 6.45) is 2.93. The lowest BCUT2D eigenvalue weighted by molar-refractivity contribution is -0.137. The molecule has 0 radical (unpaired) electrons.